The Kier molecular flexibility index (Phi) is 14.6. The number of aliphatic hydroxyl groups excluding tert-OH is 2. The van der Waals surface area contributed by atoms with Crippen molar-refractivity contribution in [3.05, 3.63) is 159 Å². The molecule has 5 unspecified atom stereocenters. The number of ether oxygens (including phenoxy) is 3. The highest BCUT2D eigenvalue weighted by atomic mass is 16.5. The predicted molar refractivity (Wildman–Crippen MR) is 302 cm³/mol. The largest absolute Gasteiger partial charge is 0.508 e. The summed E-state index contributed by atoms with van der Waals surface area (Å²) in [6.07, 6.45) is 8.23. The Morgan fingerprint density at radius 1 is 0.961 bits per heavy atom. The van der Waals surface area contributed by atoms with E-state index >= 15 is 4.79 Å². The van der Waals surface area contributed by atoms with Crippen LogP contribution in [0.25, 0.3) is 39.5 Å². The summed E-state index contributed by atoms with van der Waals surface area (Å²) in [4.78, 5) is 26.4. The van der Waals surface area contributed by atoms with Crippen molar-refractivity contribution < 1.29 is 33.9 Å². The van der Waals surface area contributed by atoms with Gasteiger partial charge in [-0.25, -0.2) is 4.99 Å². The number of aromatic nitrogens is 1. The van der Waals surface area contributed by atoms with Gasteiger partial charge in [-0.2, -0.15) is 0 Å². The minimum absolute atomic E-state index is 0.0174. The summed E-state index contributed by atoms with van der Waals surface area (Å²) >= 11 is 0. The van der Waals surface area contributed by atoms with Crippen LogP contribution in [-0.2, 0) is 24.7 Å². The van der Waals surface area contributed by atoms with Crippen LogP contribution < -0.4 is 41.3 Å². The molecule has 4 aliphatic heterocycles. The van der Waals surface area contributed by atoms with Gasteiger partial charge in [-0.1, -0.05) is 110 Å². The first-order valence-corrected chi connectivity index (χ1v) is 26.9. The highest BCUT2D eigenvalue weighted by Gasteiger charge is 2.51. The van der Waals surface area contributed by atoms with Gasteiger partial charge in [-0.05, 0) is 96.3 Å². The molecule has 5 aromatic carbocycles. The second kappa shape index (κ2) is 21.9. The number of hydrogen-bond donors (Lipinski definition) is 7. The maximum atomic E-state index is 15.1. The molecule has 14 heteroatoms. The molecular weight excluding hydrogens is 969 g/mol. The second-order valence-corrected chi connectivity index (χ2v) is 20.8. The van der Waals surface area contributed by atoms with Crippen molar-refractivity contribution in [2.24, 2.45) is 22.4 Å². The Hall–Kier alpha value is -7.96. The number of piperazine rings is 1. The summed E-state index contributed by atoms with van der Waals surface area (Å²) in [6.45, 7) is 3.26. The number of rotatable bonds is 11. The van der Waals surface area contributed by atoms with Crippen LogP contribution in [0.15, 0.2) is 129 Å². The van der Waals surface area contributed by atoms with Crippen LogP contribution in [0.3, 0.4) is 0 Å². The number of nitrogens with zero attached hydrogens (tertiary/aromatic N) is 2. The van der Waals surface area contributed by atoms with E-state index in [-0.39, 0.29) is 84.0 Å². The van der Waals surface area contributed by atoms with Gasteiger partial charge in [0, 0.05) is 60.3 Å². The van der Waals surface area contributed by atoms with E-state index in [9.17, 15) is 15.3 Å². The highest BCUT2D eigenvalue weighted by molar-refractivity contribution is 5.94. The number of guanidine groups is 1. The van der Waals surface area contributed by atoms with E-state index in [2.05, 4.69) is 82.5 Å². The molecule has 1 aliphatic carbocycles. The number of aryl methyl sites for hydroxylation is 1. The molecule has 396 valence electrons. The fourth-order valence-corrected chi connectivity index (χ4v) is 12.2. The zero-order chi connectivity index (χ0) is 53.2. The van der Waals surface area contributed by atoms with Crippen molar-refractivity contribution in [3.63, 3.8) is 0 Å². The molecule has 8 bridgehead atoms. The fraction of sp³-hybridized carbons (Fsp3) is 0.333. The Bertz CT molecular complexity index is 3470. The normalized spacial score (nSPS) is 19.9. The third-order valence-corrected chi connectivity index (χ3v) is 15.9. The van der Waals surface area contributed by atoms with Crippen molar-refractivity contribution in [2.75, 3.05) is 44.9 Å². The van der Waals surface area contributed by atoms with Gasteiger partial charge in [0.15, 0.2) is 28.5 Å². The van der Waals surface area contributed by atoms with Gasteiger partial charge in [0.1, 0.15) is 22.7 Å². The van der Waals surface area contributed by atoms with Gasteiger partial charge >= 0.3 is 0 Å². The van der Waals surface area contributed by atoms with Crippen molar-refractivity contribution >= 4 is 34.5 Å². The van der Waals surface area contributed by atoms with Crippen LogP contribution in [0.4, 0.5) is 11.5 Å². The second-order valence-electron chi connectivity index (χ2n) is 20.8. The molecule has 12 rings (SSSR count). The molecule has 1 spiro atoms. The molecule has 1 saturated carbocycles. The number of hydrogen-bond acceptors (Lipinski definition) is 11. The molecule has 6 heterocycles. The van der Waals surface area contributed by atoms with Gasteiger partial charge in [0.2, 0.25) is 5.75 Å². The maximum Gasteiger partial charge on any atom is 0.204 e. The lowest BCUT2D eigenvalue weighted by Gasteiger charge is -2.51. The SMILES string of the molecule is CCc1cc2c([nH]1)N1CCNC3C#CC(Cc4cccc-2c4)c2c(c(OC)c(OCCC(O)C=Cc4ccccc4)c4c(=O)cc(-c5ccc(O)cc5)oc24)OCC(CO)Cc2ccc(cc2N=C(N)N)C2(CCCC2)C31. The molecule has 5 aliphatic rings. The van der Waals surface area contributed by atoms with Gasteiger partial charge in [0.25, 0.3) is 0 Å². The van der Waals surface area contributed by atoms with Crippen LogP contribution in [-0.4, -0.2) is 84.5 Å². The first-order chi connectivity index (χ1) is 37.5. The number of aliphatic imine (C=N–C) groups is 1. The summed E-state index contributed by atoms with van der Waals surface area (Å²) in [6, 6.07) is 34.4. The number of methoxy groups -OCH3 is 1. The highest BCUT2D eigenvalue weighted by Crippen LogP contribution is 2.53. The molecule has 7 aromatic rings. The van der Waals surface area contributed by atoms with Gasteiger partial charge in [-0.15, -0.1) is 0 Å². The standard InChI is InChI=1S/C63H66N6O8/c1-3-46-34-49-42-13-9-12-39(30-42)31-44-18-23-50-60(69(28-27-66-50)61(49)67-46)63(25-7-8-26-63)45-19-15-43(51(33-45)68-62(64)65)32-40(36-70)37-76-57-54(44)56-55(52(73)35-53(77-56)41-16-21-47(71)22-17-41)58(59(57)74-2)75-29-24-48(72)20-14-38-10-5-4-6-11-38/h4-6,9-17,19-22,30,33-35,40,44,48,50,60,66-67,70-72H,3,7-8,24-29,31-32,36-37H2,1-2H3,(H4,64,65,68). The number of aliphatic hydroxyl groups is 2. The molecule has 2 aromatic heterocycles. The summed E-state index contributed by atoms with van der Waals surface area (Å²) in [5, 5.41) is 36.8. The van der Waals surface area contributed by atoms with Crippen molar-refractivity contribution in [1.82, 2.24) is 10.3 Å². The van der Waals surface area contributed by atoms with Crippen molar-refractivity contribution in [2.45, 2.75) is 87.8 Å². The fourth-order valence-electron chi connectivity index (χ4n) is 12.2. The summed E-state index contributed by atoms with van der Waals surface area (Å²) in [5.41, 5.74) is 20.6. The quantitative estimate of drug-likeness (QED) is 0.0367. The number of H-pyrrole nitrogens is 1. The smallest absolute Gasteiger partial charge is 0.204 e. The number of nitrogens with two attached hydrogens (primary N) is 2. The lowest BCUT2D eigenvalue weighted by Crippen LogP contribution is -2.65. The van der Waals surface area contributed by atoms with Gasteiger partial charge < -0.3 is 60.6 Å². The van der Waals surface area contributed by atoms with Crippen LogP contribution in [0.1, 0.15) is 78.5 Å². The van der Waals surface area contributed by atoms with E-state index < -0.39 is 28.8 Å². The molecule has 77 heavy (non-hydrogen) atoms. The van der Waals surface area contributed by atoms with Gasteiger partial charge in [-0.3, -0.25) is 4.79 Å². The minimum Gasteiger partial charge on any atom is -0.508 e. The van der Waals surface area contributed by atoms with E-state index in [0.717, 1.165) is 77.0 Å². The van der Waals surface area contributed by atoms with Crippen LogP contribution in [0, 0.1) is 17.8 Å². The average Bonchev–Trinajstić information content (AvgIpc) is 4.20. The van der Waals surface area contributed by atoms with E-state index in [1.165, 1.54) is 13.2 Å². The zero-order valence-corrected chi connectivity index (χ0v) is 43.6. The lowest BCUT2D eigenvalue weighted by atomic mass is 9.68. The van der Waals surface area contributed by atoms with E-state index in [1.807, 2.05) is 36.4 Å². The lowest BCUT2D eigenvalue weighted by molar-refractivity contribution is 0.156. The Balaban J connectivity index is 1.19. The number of nitrogens with one attached hydrogen (secondary N) is 2. The van der Waals surface area contributed by atoms with Crippen LogP contribution in [0.2, 0.25) is 0 Å². The number of phenols is 1. The molecule has 14 nitrogen and oxygen atoms in total. The van der Waals surface area contributed by atoms with Gasteiger partial charge in [0.05, 0.1) is 55.7 Å². The molecule has 9 N–H and O–H groups in total. The predicted octanol–water partition coefficient (Wildman–Crippen LogP) is 9.03. The van der Waals surface area contributed by atoms with Crippen molar-refractivity contribution in [1.29, 1.82) is 0 Å². The number of benzene rings is 5. The summed E-state index contributed by atoms with van der Waals surface area (Å²) < 4.78 is 27.2. The number of phenolic OH excluding ortho intramolecular Hbond substituents is 1. The monoisotopic (exact) mass is 1030 g/mol. The molecule has 5 atom stereocenters. The molecule has 1 saturated heterocycles. The number of aromatic amines is 1. The molecular formula is C63H66N6O8. The van der Waals surface area contributed by atoms with E-state index in [4.69, 9.17) is 35.1 Å². The first-order valence-electron chi connectivity index (χ1n) is 26.9. The van der Waals surface area contributed by atoms with Crippen LogP contribution >= 0.6 is 0 Å². The molecule has 0 amide bonds. The van der Waals surface area contributed by atoms with Crippen LogP contribution in [0.5, 0.6) is 23.0 Å². The third kappa shape index (κ3) is 10.1. The Labute approximate surface area is 448 Å². The first kappa shape index (κ1) is 51.2. The zero-order valence-electron chi connectivity index (χ0n) is 43.6. The Morgan fingerprint density at radius 2 is 1.78 bits per heavy atom. The van der Waals surface area contributed by atoms with Crippen molar-refractivity contribution in [3.8, 4) is 57.3 Å². The Morgan fingerprint density at radius 3 is 2.55 bits per heavy atom. The number of anilines is 1. The number of fused-ring (bicyclic) bond motifs is 11. The van der Waals surface area contributed by atoms with E-state index in [1.54, 1.807) is 30.3 Å². The maximum absolute atomic E-state index is 15.1. The third-order valence-electron chi connectivity index (χ3n) is 15.9. The minimum atomic E-state index is -0.885. The number of aromatic hydroxyl groups is 1. The summed E-state index contributed by atoms with van der Waals surface area (Å²) in [5.74, 6) is 8.31. The van der Waals surface area contributed by atoms with E-state index in [0.29, 0.717) is 42.7 Å². The molecule has 0 radical (unpaired) electrons. The summed E-state index contributed by atoms with van der Waals surface area (Å²) in [7, 11) is 1.51. The molecule has 2 fully saturated rings. The topological polar surface area (TPSA) is 214 Å². The average molecular weight is 1040 g/mol.